The van der Waals surface area contributed by atoms with Crippen molar-refractivity contribution >= 4 is 8.32 Å². The second-order valence-corrected chi connectivity index (χ2v) is 18.3. The van der Waals surface area contributed by atoms with Crippen LogP contribution in [0, 0.1) is 28.6 Å². The summed E-state index contributed by atoms with van der Waals surface area (Å²) in [5.74, 6) is 1.94. The minimum atomic E-state index is -1.98. The summed E-state index contributed by atoms with van der Waals surface area (Å²) in [4.78, 5) is 0. The molecule has 6 heteroatoms. The first-order valence-electron chi connectivity index (χ1n) is 13.2. The van der Waals surface area contributed by atoms with Gasteiger partial charge in [-0.05, 0) is 79.5 Å². The molecule has 2 bridgehead atoms. The molecule has 0 N–H and O–H groups in total. The van der Waals surface area contributed by atoms with E-state index in [9.17, 15) is 0 Å². The van der Waals surface area contributed by atoms with Crippen molar-refractivity contribution in [2.45, 2.75) is 115 Å². The molecule has 5 aliphatic rings. The number of hydrogen-bond donors (Lipinski definition) is 0. The highest BCUT2D eigenvalue weighted by Gasteiger charge is 2.72. The first-order chi connectivity index (χ1) is 15.4. The Morgan fingerprint density at radius 1 is 1.06 bits per heavy atom. The van der Waals surface area contributed by atoms with E-state index in [-0.39, 0.29) is 33.9 Å². The van der Waals surface area contributed by atoms with Crippen molar-refractivity contribution in [1.29, 1.82) is 0 Å². The standard InChI is InChI=1S/C27H46O5Si/c1-24(2,3)33(7,8)32-22-15-18-19-9-10-21(30-17-28-6)25(19,4)12-11-20(18)26(5)16-23-29-14-13-27(22,26)31-23/h13-14,18-23H,9-12,15-17H2,1-8H3/t18-,19-,20-,21-,22-,23+,25-,26+,27-/m0/s1. The molecule has 33 heavy (non-hydrogen) atoms. The molecule has 0 radical (unpaired) electrons. The molecule has 3 aliphatic carbocycles. The van der Waals surface area contributed by atoms with Crippen LogP contribution in [0.25, 0.3) is 0 Å². The third kappa shape index (κ3) is 3.37. The highest BCUT2D eigenvalue weighted by molar-refractivity contribution is 6.74. The van der Waals surface area contributed by atoms with Crippen molar-refractivity contribution in [1.82, 2.24) is 0 Å². The van der Waals surface area contributed by atoms with Crippen LogP contribution in [0.5, 0.6) is 0 Å². The average molecular weight is 479 g/mol. The molecule has 2 heterocycles. The fourth-order valence-corrected chi connectivity index (χ4v) is 9.63. The fourth-order valence-electron chi connectivity index (χ4n) is 8.30. The molecule has 5 rings (SSSR count). The Hall–Kier alpha value is -0.403. The predicted molar refractivity (Wildman–Crippen MR) is 131 cm³/mol. The van der Waals surface area contributed by atoms with Crippen LogP contribution in [0.15, 0.2) is 12.3 Å². The summed E-state index contributed by atoms with van der Waals surface area (Å²) in [7, 11) is -0.256. The van der Waals surface area contributed by atoms with Crippen molar-refractivity contribution in [3.63, 3.8) is 0 Å². The lowest BCUT2D eigenvalue weighted by atomic mass is 9.45. The van der Waals surface area contributed by atoms with Crippen LogP contribution in [0.2, 0.25) is 18.1 Å². The maximum Gasteiger partial charge on any atom is 0.200 e. The average Bonchev–Trinajstić information content (AvgIpc) is 3.16. The van der Waals surface area contributed by atoms with Gasteiger partial charge in [-0.15, -0.1) is 0 Å². The lowest BCUT2D eigenvalue weighted by molar-refractivity contribution is -0.229. The van der Waals surface area contributed by atoms with Gasteiger partial charge in [0, 0.05) is 18.9 Å². The van der Waals surface area contributed by atoms with Crippen LogP contribution in [0.3, 0.4) is 0 Å². The normalized spacial score (nSPS) is 48.7. The topological polar surface area (TPSA) is 46.2 Å². The summed E-state index contributed by atoms with van der Waals surface area (Å²) in [6.07, 6.45) is 11.3. The lowest BCUT2D eigenvalue weighted by Gasteiger charge is -2.62. The number of rotatable bonds is 5. The first kappa shape index (κ1) is 24.3. The van der Waals surface area contributed by atoms with E-state index < -0.39 is 8.32 Å². The number of methoxy groups -OCH3 is 1. The van der Waals surface area contributed by atoms with Gasteiger partial charge in [-0.2, -0.15) is 0 Å². The summed E-state index contributed by atoms with van der Waals surface area (Å²) >= 11 is 0. The third-order valence-corrected chi connectivity index (χ3v) is 15.6. The van der Waals surface area contributed by atoms with Crippen LogP contribution >= 0.6 is 0 Å². The van der Waals surface area contributed by atoms with Gasteiger partial charge in [0.15, 0.2) is 8.32 Å². The van der Waals surface area contributed by atoms with Gasteiger partial charge in [0.25, 0.3) is 0 Å². The maximum absolute atomic E-state index is 7.28. The number of ether oxygens (including phenoxy) is 4. The van der Waals surface area contributed by atoms with Gasteiger partial charge in [0.1, 0.15) is 12.4 Å². The SMILES string of the molecule is COCO[C@H]1CC[C@H]2[C@@H]3C[C@H](O[Si](C)(C)C(C)(C)C)[C@@]45C=CO[C@@H](C[C@]4(C)[C@H]3CC[C@]12C)O5. The summed E-state index contributed by atoms with van der Waals surface area (Å²) in [6.45, 7) is 17.2. The Labute approximate surface area is 202 Å². The van der Waals surface area contributed by atoms with E-state index in [2.05, 4.69) is 53.8 Å². The molecule has 0 aromatic carbocycles. The van der Waals surface area contributed by atoms with Gasteiger partial charge in [-0.25, -0.2) is 0 Å². The van der Waals surface area contributed by atoms with Crippen molar-refractivity contribution in [2.24, 2.45) is 28.6 Å². The molecule has 3 saturated carbocycles. The minimum absolute atomic E-state index is 0.0351. The smallest absolute Gasteiger partial charge is 0.200 e. The number of hydrogen-bond acceptors (Lipinski definition) is 5. The quantitative estimate of drug-likeness (QED) is 0.345. The maximum atomic E-state index is 7.28. The van der Waals surface area contributed by atoms with Crippen molar-refractivity contribution < 1.29 is 23.4 Å². The van der Waals surface area contributed by atoms with Gasteiger partial charge in [-0.3, -0.25) is 0 Å². The van der Waals surface area contributed by atoms with Crippen molar-refractivity contribution in [3.05, 3.63) is 12.3 Å². The van der Waals surface area contributed by atoms with Gasteiger partial charge in [0.05, 0.1) is 18.5 Å². The molecule has 0 aromatic heterocycles. The second-order valence-electron chi connectivity index (χ2n) is 13.6. The second kappa shape index (κ2) is 7.80. The molecule has 0 unspecified atom stereocenters. The summed E-state index contributed by atoms with van der Waals surface area (Å²) in [5, 5.41) is 0.164. The molecule has 9 atom stereocenters. The molecule has 0 aromatic rings. The van der Waals surface area contributed by atoms with E-state index in [1.165, 1.54) is 19.3 Å². The number of fused-ring (bicyclic) bond motifs is 5. The van der Waals surface area contributed by atoms with Crippen molar-refractivity contribution in [2.75, 3.05) is 13.9 Å². The summed E-state index contributed by atoms with van der Waals surface area (Å²) in [5.41, 5.74) is -0.110. The molecular weight excluding hydrogens is 432 g/mol. The van der Waals surface area contributed by atoms with Crippen LogP contribution in [-0.2, 0) is 23.4 Å². The molecule has 5 nitrogen and oxygen atoms in total. The van der Waals surface area contributed by atoms with Crippen molar-refractivity contribution in [3.8, 4) is 0 Å². The Kier molecular flexibility index (Phi) is 5.74. The zero-order valence-electron chi connectivity index (χ0n) is 22.1. The Balaban J connectivity index is 1.51. The Morgan fingerprint density at radius 3 is 2.52 bits per heavy atom. The largest absolute Gasteiger partial charge is 0.473 e. The summed E-state index contributed by atoms with van der Waals surface area (Å²) < 4.78 is 31.5. The van der Waals surface area contributed by atoms with E-state index in [4.69, 9.17) is 23.4 Å². The molecule has 1 spiro atoms. The molecule has 4 fully saturated rings. The molecular formula is C27H46O5Si. The van der Waals surface area contributed by atoms with E-state index in [0.717, 1.165) is 19.3 Å². The third-order valence-electron chi connectivity index (χ3n) is 11.1. The first-order valence-corrected chi connectivity index (χ1v) is 16.1. The Morgan fingerprint density at radius 2 is 1.82 bits per heavy atom. The van der Waals surface area contributed by atoms with Crippen LogP contribution in [0.4, 0.5) is 0 Å². The van der Waals surface area contributed by atoms with Gasteiger partial charge in [-0.1, -0.05) is 34.6 Å². The molecule has 2 aliphatic heterocycles. The lowest BCUT2D eigenvalue weighted by Crippen LogP contribution is -2.66. The van der Waals surface area contributed by atoms with E-state index in [1.54, 1.807) is 7.11 Å². The molecule has 0 amide bonds. The highest BCUT2D eigenvalue weighted by Crippen LogP contribution is 2.70. The van der Waals surface area contributed by atoms with Crippen LogP contribution in [-0.4, -0.2) is 46.3 Å². The van der Waals surface area contributed by atoms with E-state index >= 15 is 0 Å². The van der Waals surface area contributed by atoms with Gasteiger partial charge < -0.3 is 23.4 Å². The minimum Gasteiger partial charge on any atom is -0.473 e. The highest BCUT2D eigenvalue weighted by atomic mass is 28.4. The van der Waals surface area contributed by atoms with E-state index in [1.807, 2.05) is 6.26 Å². The monoisotopic (exact) mass is 478 g/mol. The van der Waals surface area contributed by atoms with Crippen LogP contribution in [0.1, 0.15) is 73.1 Å². The Bertz CT molecular complexity index is 792. The summed E-state index contributed by atoms with van der Waals surface area (Å²) in [6, 6.07) is 0. The zero-order valence-corrected chi connectivity index (χ0v) is 23.1. The fraction of sp³-hybridized carbons (Fsp3) is 0.926. The van der Waals surface area contributed by atoms with Gasteiger partial charge in [0.2, 0.25) is 6.29 Å². The molecule has 1 saturated heterocycles. The van der Waals surface area contributed by atoms with Gasteiger partial charge >= 0.3 is 0 Å². The predicted octanol–water partition coefficient (Wildman–Crippen LogP) is 6.25. The van der Waals surface area contributed by atoms with Crippen LogP contribution < -0.4 is 0 Å². The van der Waals surface area contributed by atoms with E-state index in [0.29, 0.717) is 30.7 Å². The zero-order chi connectivity index (χ0) is 23.9. The molecule has 188 valence electrons.